The average molecular weight is 265 g/mol. The Kier molecular flexibility index (Phi) is 3.67. The van der Waals surface area contributed by atoms with E-state index in [0.717, 1.165) is 4.21 Å². The van der Waals surface area contributed by atoms with Crippen LogP contribution in [0, 0.1) is 17.1 Å². The summed E-state index contributed by atoms with van der Waals surface area (Å²) >= 11 is 1.42. The van der Waals surface area contributed by atoms with Gasteiger partial charge in [0.15, 0.2) is 0 Å². The van der Waals surface area contributed by atoms with Crippen LogP contribution in [-0.4, -0.2) is 4.21 Å². The molecular formula is C12H8FNOS2. The Bertz CT molecular complexity index is 587. The molecule has 0 spiro atoms. The zero-order chi connectivity index (χ0) is 12.3. The second kappa shape index (κ2) is 5.21. The summed E-state index contributed by atoms with van der Waals surface area (Å²) in [5.41, 5.74) is 0.695. The first-order valence-electron chi connectivity index (χ1n) is 4.81. The smallest absolute Gasteiger partial charge is 0.140 e. The van der Waals surface area contributed by atoms with Crippen molar-refractivity contribution >= 4 is 22.1 Å². The van der Waals surface area contributed by atoms with E-state index >= 15 is 0 Å². The number of rotatable bonds is 3. The molecule has 0 aliphatic heterocycles. The highest BCUT2D eigenvalue weighted by atomic mass is 32.2. The van der Waals surface area contributed by atoms with Gasteiger partial charge in [-0.1, -0.05) is 12.1 Å². The normalized spacial score (nSPS) is 12.0. The minimum atomic E-state index is -1.13. The van der Waals surface area contributed by atoms with Gasteiger partial charge in [-0.25, -0.2) is 4.39 Å². The van der Waals surface area contributed by atoms with Crippen LogP contribution in [0.2, 0.25) is 0 Å². The zero-order valence-electron chi connectivity index (χ0n) is 8.72. The van der Waals surface area contributed by atoms with Gasteiger partial charge in [0.05, 0.1) is 26.3 Å². The number of hydrogen-bond acceptors (Lipinski definition) is 3. The second-order valence-electron chi connectivity index (χ2n) is 3.35. The van der Waals surface area contributed by atoms with E-state index in [-0.39, 0.29) is 5.56 Å². The molecule has 1 aromatic carbocycles. The monoisotopic (exact) mass is 265 g/mol. The SMILES string of the molecule is N#Cc1cc(CS(=O)c2cccs2)ccc1F. The molecule has 1 heterocycles. The highest BCUT2D eigenvalue weighted by Gasteiger charge is 2.08. The van der Waals surface area contributed by atoms with Crippen molar-refractivity contribution in [3.8, 4) is 6.07 Å². The average Bonchev–Trinajstić information content (AvgIpc) is 2.85. The first-order chi connectivity index (χ1) is 8.20. The topological polar surface area (TPSA) is 40.9 Å². The maximum atomic E-state index is 13.1. The van der Waals surface area contributed by atoms with E-state index in [4.69, 9.17) is 5.26 Å². The van der Waals surface area contributed by atoms with Crippen LogP contribution in [-0.2, 0) is 16.6 Å². The Morgan fingerprint density at radius 1 is 1.41 bits per heavy atom. The van der Waals surface area contributed by atoms with Gasteiger partial charge < -0.3 is 0 Å². The molecule has 2 nitrogen and oxygen atoms in total. The molecule has 17 heavy (non-hydrogen) atoms. The Balaban J connectivity index is 2.20. The van der Waals surface area contributed by atoms with Crippen molar-refractivity contribution in [1.82, 2.24) is 0 Å². The Morgan fingerprint density at radius 3 is 2.88 bits per heavy atom. The zero-order valence-corrected chi connectivity index (χ0v) is 10.4. The molecule has 1 aromatic heterocycles. The van der Waals surface area contributed by atoms with Crippen LogP contribution in [0.15, 0.2) is 39.9 Å². The minimum Gasteiger partial charge on any atom is -0.253 e. The molecule has 0 aliphatic carbocycles. The van der Waals surface area contributed by atoms with Crippen LogP contribution in [0.3, 0.4) is 0 Å². The van der Waals surface area contributed by atoms with Crippen LogP contribution in [0.1, 0.15) is 11.1 Å². The number of nitriles is 1. The van der Waals surface area contributed by atoms with Crippen LogP contribution < -0.4 is 0 Å². The number of hydrogen-bond donors (Lipinski definition) is 0. The number of thiophene rings is 1. The predicted molar refractivity (Wildman–Crippen MR) is 65.5 cm³/mol. The fourth-order valence-corrected chi connectivity index (χ4v) is 3.44. The van der Waals surface area contributed by atoms with Crippen molar-refractivity contribution in [3.05, 3.63) is 52.7 Å². The van der Waals surface area contributed by atoms with Crippen molar-refractivity contribution in [2.75, 3.05) is 0 Å². The van der Waals surface area contributed by atoms with Gasteiger partial charge in [-0.15, -0.1) is 11.3 Å². The van der Waals surface area contributed by atoms with E-state index in [0.29, 0.717) is 11.3 Å². The van der Waals surface area contributed by atoms with Gasteiger partial charge in [0.1, 0.15) is 11.9 Å². The molecule has 0 radical (unpaired) electrons. The predicted octanol–water partition coefficient (Wildman–Crippen LogP) is 3.07. The largest absolute Gasteiger partial charge is 0.253 e. The van der Waals surface area contributed by atoms with Gasteiger partial charge in [-0.3, -0.25) is 4.21 Å². The first kappa shape index (κ1) is 12.0. The molecule has 0 aliphatic rings. The lowest BCUT2D eigenvalue weighted by molar-refractivity contribution is 0.623. The standard InChI is InChI=1S/C12H8FNOS2/c13-11-4-3-9(6-10(11)7-14)8-17(15)12-2-1-5-16-12/h1-6H,8H2. The van der Waals surface area contributed by atoms with Crippen molar-refractivity contribution in [2.24, 2.45) is 0 Å². The van der Waals surface area contributed by atoms with Crippen molar-refractivity contribution < 1.29 is 8.60 Å². The molecule has 5 heteroatoms. The molecule has 0 amide bonds. The minimum absolute atomic E-state index is 0.00863. The molecule has 0 fully saturated rings. The summed E-state index contributed by atoms with van der Waals surface area (Å²) in [6, 6.07) is 9.65. The molecule has 0 N–H and O–H groups in total. The maximum Gasteiger partial charge on any atom is 0.140 e. The van der Waals surface area contributed by atoms with Crippen LogP contribution in [0.5, 0.6) is 0 Å². The van der Waals surface area contributed by atoms with Crippen LogP contribution in [0.4, 0.5) is 4.39 Å². The summed E-state index contributed by atoms with van der Waals surface area (Å²) in [6.45, 7) is 0. The van der Waals surface area contributed by atoms with Gasteiger partial charge in [0.2, 0.25) is 0 Å². The lowest BCUT2D eigenvalue weighted by atomic mass is 10.1. The highest BCUT2D eigenvalue weighted by Crippen LogP contribution is 2.18. The van der Waals surface area contributed by atoms with Gasteiger partial charge in [0, 0.05) is 0 Å². The molecule has 1 unspecified atom stereocenters. The summed E-state index contributed by atoms with van der Waals surface area (Å²) in [5, 5.41) is 10.6. The third kappa shape index (κ3) is 2.78. The Hall–Kier alpha value is -1.51. The molecule has 2 aromatic rings. The maximum absolute atomic E-state index is 13.1. The lowest BCUT2D eigenvalue weighted by Gasteiger charge is -2.01. The quantitative estimate of drug-likeness (QED) is 0.855. The number of benzene rings is 1. The van der Waals surface area contributed by atoms with E-state index in [2.05, 4.69) is 0 Å². The highest BCUT2D eigenvalue weighted by molar-refractivity contribution is 7.86. The van der Waals surface area contributed by atoms with Crippen molar-refractivity contribution in [1.29, 1.82) is 5.26 Å². The summed E-state index contributed by atoms with van der Waals surface area (Å²) in [5.74, 6) is -0.242. The summed E-state index contributed by atoms with van der Waals surface area (Å²) in [4.78, 5) is 0. The van der Waals surface area contributed by atoms with E-state index in [9.17, 15) is 8.60 Å². The first-order valence-corrected chi connectivity index (χ1v) is 7.01. The van der Waals surface area contributed by atoms with E-state index in [1.165, 1.54) is 23.5 Å². The van der Waals surface area contributed by atoms with E-state index in [1.54, 1.807) is 18.2 Å². The Morgan fingerprint density at radius 2 is 2.24 bits per heavy atom. The van der Waals surface area contributed by atoms with E-state index in [1.807, 2.05) is 11.4 Å². The lowest BCUT2D eigenvalue weighted by Crippen LogP contribution is -1.96. The van der Waals surface area contributed by atoms with Crippen molar-refractivity contribution in [3.63, 3.8) is 0 Å². The fraction of sp³-hybridized carbons (Fsp3) is 0.0833. The van der Waals surface area contributed by atoms with Gasteiger partial charge in [-0.2, -0.15) is 5.26 Å². The third-order valence-electron chi connectivity index (χ3n) is 2.17. The summed E-state index contributed by atoms with van der Waals surface area (Å²) in [6.07, 6.45) is 0. The molecule has 1 atom stereocenters. The van der Waals surface area contributed by atoms with Crippen LogP contribution >= 0.6 is 11.3 Å². The molecule has 0 saturated carbocycles. The van der Waals surface area contributed by atoms with Gasteiger partial charge >= 0.3 is 0 Å². The molecule has 0 saturated heterocycles. The van der Waals surface area contributed by atoms with Crippen LogP contribution in [0.25, 0.3) is 0 Å². The Labute approximate surface area is 105 Å². The molecular weight excluding hydrogens is 257 g/mol. The molecule has 0 bridgehead atoms. The van der Waals surface area contributed by atoms with E-state index < -0.39 is 16.6 Å². The molecule has 2 rings (SSSR count). The second-order valence-corrected chi connectivity index (χ2v) is 5.97. The third-order valence-corrected chi connectivity index (χ3v) is 4.86. The number of halogens is 1. The fourth-order valence-electron chi connectivity index (χ4n) is 1.36. The summed E-state index contributed by atoms with van der Waals surface area (Å²) < 4.78 is 25.8. The van der Waals surface area contributed by atoms with Gasteiger partial charge in [0.25, 0.3) is 0 Å². The van der Waals surface area contributed by atoms with Crippen molar-refractivity contribution in [2.45, 2.75) is 9.96 Å². The number of nitrogens with zero attached hydrogens (tertiary/aromatic N) is 1. The summed E-state index contributed by atoms with van der Waals surface area (Å²) in [7, 11) is -1.13. The van der Waals surface area contributed by atoms with Gasteiger partial charge in [-0.05, 0) is 29.1 Å². The molecule has 86 valence electrons.